The zero-order valence-electron chi connectivity index (χ0n) is 11.5. The highest BCUT2D eigenvalue weighted by Gasteiger charge is 2.40. The molecule has 0 aromatic heterocycles. The van der Waals surface area contributed by atoms with E-state index in [1.807, 2.05) is 6.92 Å². The number of rotatable bonds is 4. The zero-order valence-corrected chi connectivity index (χ0v) is 11.5. The fraction of sp³-hybridized carbons (Fsp3) is 0.533. The lowest BCUT2D eigenvalue weighted by Gasteiger charge is -2.30. The van der Waals surface area contributed by atoms with E-state index in [-0.39, 0.29) is 6.04 Å². The Bertz CT molecular complexity index is 480. The van der Waals surface area contributed by atoms with Crippen molar-refractivity contribution in [2.24, 2.45) is 0 Å². The number of likely N-dealkylation sites (tertiary alicyclic amines) is 1. The third-order valence-electron chi connectivity index (χ3n) is 3.94. The van der Waals surface area contributed by atoms with Crippen molar-refractivity contribution >= 4 is 6.09 Å². The van der Waals surface area contributed by atoms with Crippen molar-refractivity contribution in [1.82, 2.24) is 4.90 Å². The second-order valence-corrected chi connectivity index (χ2v) is 5.28. The summed E-state index contributed by atoms with van der Waals surface area (Å²) in [5, 5.41) is 19.8. The van der Waals surface area contributed by atoms with Gasteiger partial charge in [-0.25, -0.2) is 9.18 Å². The first kappa shape index (κ1) is 14.8. The van der Waals surface area contributed by atoms with Crippen molar-refractivity contribution in [1.29, 1.82) is 0 Å². The average Bonchev–Trinajstić information content (AvgIpc) is 2.82. The van der Waals surface area contributed by atoms with Crippen LogP contribution in [0.15, 0.2) is 24.3 Å². The van der Waals surface area contributed by atoms with Crippen LogP contribution in [-0.4, -0.2) is 33.3 Å². The topological polar surface area (TPSA) is 60.8 Å². The molecule has 1 aromatic carbocycles. The first-order chi connectivity index (χ1) is 9.54. The average molecular weight is 281 g/mol. The summed E-state index contributed by atoms with van der Waals surface area (Å²) in [6.07, 6.45) is 1.05. The van der Waals surface area contributed by atoms with E-state index < -0.39 is 24.1 Å². The number of nitrogens with zero attached hydrogens (tertiary/aromatic N) is 1. The van der Waals surface area contributed by atoms with Gasteiger partial charge >= 0.3 is 6.09 Å². The van der Waals surface area contributed by atoms with E-state index in [4.69, 9.17) is 0 Å². The largest absolute Gasteiger partial charge is 0.465 e. The van der Waals surface area contributed by atoms with Crippen molar-refractivity contribution in [3.63, 3.8) is 0 Å². The lowest BCUT2D eigenvalue weighted by molar-refractivity contribution is 0.0525. The molecule has 1 fully saturated rings. The number of halogens is 1. The van der Waals surface area contributed by atoms with Gasteiger partial charge in [0.15, 0.2) is 0 Å². The summed E-state index contributed by atoms with van der Waals surface area (Å²) in [6.45, 7) is 2.01. The Labute approximate surface area is 117 Å². The van der Waals surface area contributed by atoms with Crippen LogP contribution < -0.4 is 0 Å². The van der Waals surface area contributed by atoms with Gasteiger partial charge in [-0.15, -0.1) is 0 Å². The maximum Gasteiger partial charge on any atom is 0.407 e. The van der Waals surface area contributed by atoms with Gasteiger partial charge in [-0.3, -0.25) is 4.90 Å². The maximum atomic E-state index is 13.2. The lowest BCUT2D eigenvalue weighted by Crippen LogP contribution is -2.43. The van der Waals surface area contributed by atoms with E-state index in [1.165, 1.54) is 23.1 Å². The van der Waals surface area contributed by atoms with Gasteiger partial charge in [0.2, 0.25) is 0 Å². The predicted octanol–water partition coefficient (Wildman–Crippen LogP) is 3.17. The fourth-order valence-corrected chi connectivity index (χ4v) is 3.05. The van der Waals surface area contributed by atoms with Crippen molar-refractivity contribution in [2.45, 2.75) is 50.8 Å². The van der Waals surface area contributed by atoms with Crippen LogP contribution in [-0.2, 0) is 0 Å². The third-order valence-corrected chi connectivity index (χ3v) is 3.94. The monoisotopic (exact) mass is 281 g/mol. The number of carbonyl (C=O) groups is 1. The summed E-state index contributed by atoms with van der Waals surface area (Å²) < 4.78 is 13.2. The Kier molecular flexibility index (Phi) is 4.60. The SMILES string of the molecule is CCC[C@@H]1CC[C@H]([C@H](O)c2cccc(F)c2)N1C(=O)O. The molecule has 1 aliphatic heterocycles. The number of hydrogen-bond acceptors (Lipinski definition) is 2. The van der Waals surface area contributed by atoms with E-state index in [1.54, 1.807) is 6.07 Å². The Morgan fingerprint density at radius 1 is 1.50 bits per heavy atom. The summed E-state index contributed by atoms with van der Waals surface area (Å²) in [5.74, 6) is -0.425. The molecular formula is C15H20FNO3. The molecule has 0 radical (unpaired) electrons. The Hall–Kier alpha value is -1.62. The number of aliphatic hydroxyl groups excluding tert-OH is 1. The summed E-state index contributed by atoms with van der Waals surface area (Å²) in [6, 6.07) is 5.17. The molecule has 0 saturated carbocycles. The minimum atomic E-state index is -1.01. The molecule has 3 atom stereocenters. The number of amides is 1. The highest BCUT2D eigenvalue weighted by molar-refractivity contribution is 5.66. The van der Waals surface area contributed by atoms with Gasteiger partial charge in [0.1, 0.15) is 5.82 Å². The molecule has 20 heavy (non-hydrogen) atoms. The van der Waals surface area contributed by atoms with Crippen LogP contribution in [0.2, 0.25) is 0 Å². The molecule has 1 aromatic rings. The van der Waals surface area contributed by atoms with Gasteiger partial charge in [0.25, 0.3) is 0 Å². The van der Waals surface area contributed by atoms with E-state index in [9.17, 15) is 19.4 Å². The minimum Gasteiger partial charge on any atom is -0.465 e. The summed E-state index contributed by atoms with van der Waals surface area (Å²) in [5.41, 5.74) is 0.429. The van der Waals surface area contributed by atoms with Crippen LogP contribution >= 0.6 is 0 Å². The number of benzene rings is 1. The standard InChI is InChI=1S/C15H20FNO3/c1-2-4-12-7-8-13(17(12)15(19)20)14(18)10-5-3-6-11(16)9-10/h3,5-6,9,12-14,18H,2,4,7-8H2,1H3,(H,19,20)/t12-,13-,14-/m1/s1. The van der Waals surface area contributed by atoms with Gasteiger partial charge in [-0.2, -0.15) is 0 Å². The van der Waals surface area contributed by atoms with Crippen LogP contribution in [0.1, 0.15) is 44.3 Å². The molecule has 0 spiro atoms. The highest BCUT2D eigenvalue weighted by atomic mass is 19.1. The van der Waals surface area contributed by atoms with Crippen LogP contribution in [0.25, 0.3) is 0 Å². The lowest BCUT2D eigenvalue weighted by atomic mass is 10.0. The zero-order chi connectivity index (χ0) is 14.7. The number of aliphatic hydroxyl groups is 1. The molecule has 110 valence electrons. The summed E-state index contributed by atoms with van der Waals surface area (Å²) in [4.78, 5) is 12.8. The molecule has 4 nitrogen and oxygen atoms in total. The maximum absolute atomic E-state index is 13.2. The van der Waals surface area contributed by atoms with E-state index in [0.29, 0.717) is 12.0 Å². The van der Waals surface area contributed by atoms with Gasteiger partial charge in [-0.1, -0.05) is 25.5 Å². The molecule has 0 unspecified atom stereocenters. The van der Waals surface area contributed by atoms with E-state index in [2.05, 4.69) is 0 Å². The smallest absolute Gasteiger partial charge is 0.407 e. The first-order valence-corrected chi connectivity index (χ1v) is 6.99. The summed E-state index contributed by atoms with van der Waals surface area (Å²) >= 11 is 0. The molecule has 2 N–H and O–H groups in total. The quantitative estimate of drug-likeness (QED) is 0.891. The normalized spacial score (nSPS) is 23.9. The third kappa shape index (κ3) is 2.93. The van der Waals surface area contributed by atoms with Crippen molar-refractivity contribution in [3.05, 3.63) is 35.6 Å². The Balaban J connectivity index is 2.20. The van der Waals surface area contributed by atoms with Crippen molar-refractivity contribution in [3.8, 4) is 0 Å². The minimum absolute atomic E-state index is 0.0503. The molecule has 1 heterocycles. The second-order valence-electron chi connectivity index (χ2n) is 5.28. The molecule has 1 amide bonds. The van der Waals surface area contributed by atoms with E-state index in [0.717, 1.165) is 19.3 Å². The molecule has 0 bridgehead atoms. The Morgan fingerprint density at radius 3 is 2.85 bits per heavy atom. The van der Waals surface area contributed by atoms with E-state index >= 15 is 0 Å². The molecule has 2 rings (SSSR count). The molecule has 1 saturated heterocycles. The van der Waals surface area contributed by atoms with Gasteiger partial charge in [0, 0.05) is 6.04 Å². The van der Waals surface area contributed by atoms with Crippen molar-refractivity contribution in [2.75, 3.05) is 0 Å². The number of hydrogen-bond donors (Lipinski definition) is 2. The van der Waals surface area contributed by atoms with Gasteiger partial charge in [-0.05, 0) is 37.0 Å². The van der Waals surface area contributed by atoms with Gasteiger partial charge in [0.05, 0.1) is 12.1 Å². The van der Waals surface area contributed by atoms with Crippen LogP contribution in [0.3, 0.4) is 0 Å². The van der Waals surface area contributed by atoms with Crippen LogP contribution in [0.4, 0.5) is 9.18 Å². The second kappa shape index (κ2) is 6.22. The molecule has 5 heteroatoms. The highest BCUT2D eigenvalue weighted by Crippen LogP contribution is 2.35. The molecule has 0 aliphatic carbocycles. The molecule has 1 aliphatic rings. The van der Waals surface area contributed by atoms with Crippen LogP contribution in [0, 0.1) is 5.82 Å². The number of carboxylic acid groups (broad SMARTS) is 1. The van der Waals surface area contributed by atoms with Crippen LogP contribution in [0.5, 0.6) is 0 Å². The fourth-order valence-electron chi connectivity index (χ4n) is 3.05. The molecular weight excluding hydrogens is 261 g/mol. The summed E-state index contributed by atoms with van der Waals surface area (Å²) in [7, 11) is 0. The van der Waals surface area contributed by atoms with Gasteiger partial charge < -0.3 is 10.2 Å². The van der Waals surface area contributed by atoms with Crippen molar-refractivity contribution < 1.29 is 19.4 Å². The first-order valence-electron chi connectivity index (χ1n) is 6.99. The predicted molar refractivity (Wildman–Crippen MR) is 72.9 cm³/mol. The Morgan fingerprint density at radius 2 is 2.25 bits per heavy atom.